The Kier molecular flexibility index (Phi) is 6.10. The molecule has 0 unspecified atom stereocenters. The van der Waals surface area contributed by atoms with Gasteiger partial charge in [0.15, 0.2) is 0 Å². The minimum atomic E-state index is -0.437. The van der Waals surface area contributed by atoms with Gasteiger partial charge in [0.2, 0.25) is 11.8 Å². The fourth-order valence-electron chi connectivity index (χ4n) is 1.82. The highest BCUT2D eigenvalue weighted by molar-refractivity contribution is 5.62. The maximum Gasteiger partial charge on any atom is 0.332 e. The first kappa shape index (κ1) is 16.1. The monoisotopic (exact) mass is 283 g/mol. The Labute approximate surface area is 118 Å². The van der Waals surface area contributed by atoms with Crippen molar-refractivity contribution >= 4 is 17.5 Å². The molecular weight excluding hydrogens is 262 g/mol. The molecule has 1 aromatic rings. The SMILES string of the molecule is CCNc1nc(C)c([N+](=O)[O-])c(N(C)CCCOC)n1. The van der Waals surface area contributed by atoms with Crippen LogP contribution in [0, 0.1) is 17.0 Å². The number of aromatic nitrogens is 2. The maximum atomic E-state index is 11.2. The highest BCUT2D eigenvalue weighted by Crippen LogP contribution is 2.29. The first-order valence-corrected chi connectivity index (χ1v) is 6.48. The lowest BCUT2D eigenvalue weighted by atomic mass is 10.3. The van der Waals surface area contributed by atoms with E-state index in [9.17, 15) is 10.1 Å². The molecule has 0 aromatic carbocycles. The Morgan fingerprint density at radius 1 is 1.45 bits per heavy atom. The molecule has 0 saturated carbocycles. The average molecular weight is 283 g/mol. The third kappa shape index (κ3) is 4.02. The van der Waals surface area contributed by atoms with E-state index in [1.54, 1.807) is 26.0 Å². The number of methoxy groups -OCH3 is 1. The van der Waals surface area contributed by atoms with Gasteiger partial charge in [0.1, 0.15) is 5.69 Å². The zero-order chi connectivity index (χ0) is 15.1. The predicted molar refractivity (Wildman–Crippen MR) is 77.4 cm³/mol. The van der Waals surface area contributed by atoms with Gasteiger partial charge in [-0.25, -0.2) is 4.98 Å². The third-order valence-electron chi connectivity index (χ3n) is 2.76. The van der Waals surface area contributed by atoms with Crippen molar-refractivity contribution in [1.82, 2.24) is 9.97 Å². The van der Waals surface area contributed by atoms with Gasteiger partial charge in [-0.2, -0.15) is 4.98 Å². The Hall–Kier alpha value is -1.96. The van der Waals surface area contributed by atoms with Crippen molar-refractivity contribution in [1.29, 1.82) is 0 Å². The van der Waals surface area contributed by atoms with E-state index in [2.05, 4.69) is 15.3 Å². The van der Waals surface area contributed by atoms with Crippen LogP contribution in [0.5, 0.6) is 0 Å². The maximum absolute atomic E-state index is 11.2. The number of anilines is 2. The van der Waals surface area contributed by atoms with E-state index >= 15 is 0 Å². The zero-order valence-electron chi connectivity index (χ0n) is 12.3. The van der Waals surface area contributed by atoms with Crippen LogP contribution in [-0.2, 0) is 4.74 Å². The predicted octanol–water partition coefficient (Wildman–Crippen LogP) is 1.60. The summed E-state index contributed by atoms with van der Waals surface area (Å²) >= 11 is 0. The van der Waals surface area contributed by atoms with Gasteiger partial charge < -0.3 is 15.0 Å². The van der Waals surface area contributed by atoms with Gasteiger partial charge in [-0.05, 0) is 20.3 Å². The summed E-state index contributed by atoms with van der Waals surface area (Å²) in [5.41, 5.74) is 0.307. The quantitative estimate of drug-likeness (QED) is 0.440. The minimum absolute atomic E-state index is 0.0495. The second kappa shape index (κ2) is 7.59. The van der Waals surface area contributed by atoms with Gasteiger partial charge in [-0.1, -0.05) is 0 Å². The standard InChI is InChI=1S/C12H21N5O3/c1-5-13-12-14-9(2)10(17(18)19)11(15-12)16(3)7-6-8-20-4/h5-8H2,1-4H3,(H,13,14,15). The van der Waals surface area contributed by atoms with Gasteiger partial charge >= 0.3 is 5.69 Å². The van der Waals surface area contributed by atoms with E-state index < -0.39 is 4.92 Å². The molecule has 1 heterocycles. The molecular formula is C12H21N5O3. The van der Waals surface area contributed by atoms with Crippen molar-refractivity contribution < 1.29 is 9.66 Å². The van der Waals surface area contributed by atoms with E-state index in [1.807, 2.05) is 6.92 Å². The van der Waals surface area contributed by atoms with Crippen LogP contribution in [0.25, 0.3) is 0 Å². The third-order valence-corrected chi connectivity index (χ3v) is 2.76. The van der Waals surface area contributed by atoms with Crippen molar-refractivity contribution in [2.45, 2.75) is 20.3 Å². The Morgan fingerprint density at radius 3 is 2.70 bits per heavy atom. The minimum Gasteiger partial charge on any atom is -0.385 e. The fraction of sp³-hybridized carbons (Fsp3) is 0.667. The van der Waals surface area contributed by atoms with Gasteiger partial charge in [-0.3, -0.25) is 10.1 Å². The summed E-state index contributed by atoms with van der Waals surface area (Å²) in [4.78, 5) is 20.9. The number of ether oxygens (including phenoxy) is 1. The summed E-state index contributed by atoms with van der Waals surface area (Å²) in [7, 11) is 3.40. The molecule has 0 spiro atoms. The summed E-state index contributed by atoms with van der Waals surface area (Å²) in [5.74, 6) is 0.735. The molecule has 112 valence electrons. The molecule has 0 aliphatic heterocycles. The molecule has 1 aromatic heterocycles. The molecule has 0 atom stereocenters. The first-order chi connectivity index (χ1) is 9.51. The van der Waals surface area contributed by atoms with E-state index in [-0.39, 0.29) is 5.69 Å². The summed E-state index contributed by atoms with van der Waals surface area (Å²) in [6.07, 6.45) is 0.768. The molecule has 8 heteroatoms. The molecule has 0 radical (unpaired) electrons. The van der Waals surface area contributed by atoms with Crippen LogP contribution in [0.15, 0.2) is 0 Å². The van der Waals surface area contributed by atoms with E-state index in [1.165, 1.54) is 0 Å². The normalized spacial score (nSPS) is 10.4. The Morgan fingerprint density at radius 2 is 2.15 bits per heavy atom. The molecule has 0 saturated heterocycles. The lowest BCUT2D eigenvalue weighted by Gasteiger charge is -2.19. The lowest BCUT2D eigenvalue weighted by Crippen LogP contribution is -2.23. The van der Waals surface area contributed by atoms with Gasteiger partial charge in [0.25, 0.3) is 0 Å². The fourth-order valence-corrected chi connectivity index (χ4v) is 1.82. The van der Waals surface area contributed by atoms with Crippen LogP contribution in [-0.4, -0.2) is 48.7 Å². The summed E-state index contributed by atoms with van der Waals surface area (Å²) in [6.45, 7) is 5.41. The number of hydrogen-bond donors (Lipinski definition) is 1. The van der Waals surface area contributed by atoms with E-state index in [0.717, 1.165) is 6.42 Å². The molecule has 0 amide bonds. The van der Waals surface area contributed by atoms with Gasteiger partial charge in [0, 0.05) is 33.9 Å². The molecule has 8 nitrogen and oxygen atoms in total. The highest BCUT2D eigenvalue weighted by atomic mass is 16.6. The van der Waals surface area contributed by atoms with Crippen LogP contribution < -0.4 is 10.2 Å². The van der Waals surface area contributed by atoms with Crippen LogP contribution >= 0.6 is 0 Å². The molecule has 0 fully saturated rings. The topological polar surface area (TPSA) is 93.4 Å². The molecule has 20 heavy (non-hydrogen) atoms. The lowest BCUT2D eigenvalue weighted by molar-refractivity contribution is -0.385. The van der Waals surface area contributed by atoms with Crippen LogP contribution in [0.4, 0.5) is 17.5 Å². The summed E-state index contributed by atoms with van der Waals surface area (Å²) in [6, 6.07) is 0. The Balaban J connectivity index is 3.08. The molecule has 0 bridgehead atoms. The Bertz CT molecular complexity index is 467. The van der Waals surface area contributed by atoms with Crippen LogP contribution in [0.1, 0.15) is 19.0 Å². The molecule has 0 aliphatic carbocycles. The smallest absolute Gasteiger partial charge is 0.332 e. The summed E-state index contributed by atoms with van der Waals surface area (Å²) < 4.78 is 4.99. The van der Waals surface area contributed by atoms with Crippen LogP contribution in [0.2, 0.25) is 0 Å². The number of hydrogen-bond acceptors (Lipinski definition) is 7. The average Bonchev–Trinajstić information content (AvgIpc) is 2.38. The van der Waals surface area contributed by atoms with Crippen molar-refractivity contribution in [3.63, 3.8) is 0 Å². The largest absolute Gasteiger partial charge is 0.385 e. The van der Waals surface area contributed by atoms with Crippen molar-refractivity contribution in [2.75, 3.05) is 44.1 Å². The zero-order valence-corrected chi connectivity index (χ0v) is 12.3. The number of nitrogens with one attached hydrogen (secondary N) is 1. The molecule has 1 rings (SSSR count). The summed E-state index contributed by atoms with van der Waals surface area (Å²) in [5, 5.41) is 14.2. The molecule has 0 aliphatic rings. The first-order valence-electron chi connectivity index (χ1n) is 6.48. The van der Waals surface area contributed by atoms with Gasteiger partial charge in [0.05, 0.1) is 4.92 Å². The second-order valence-corrected chi connectivity index (χ2v) is 4.36. The number of rotatable bonds is 8. The number of nitro groups is 1. The number of aryl methyl sites for hydroxylation is 1. The van der Waals surface area contributed by atoms with Gasteiger partial charge in [-0.15, -0.1) is 0 Å². The second-order valence-electron chi connectivity index (χ2n) is 4.36. The van der Waals surface area contributed by atoms with Crippen molar-refractivity contribution in [2.24, 2.45) is 0 Å². The highest BCUT2D eigenvalue weighted by Gasteiger charge is 2.24. The van der Waals surface area contributed by atoms with Crippen LogP contribution in [0.3, 0.4) is 0 Å². The van der Waals surface area contributed by atoms with E-state index in [0.29, 0.717) is 37.2 Å². The molecule has 1 N–H and O–H groups in total. The van der Waals surface area contributed by atoms with Crippen molar-refractivity contribution in [3.8, 4) is 0 Å². The number of nitrogens with zero attached hydrogens (tertiary/aromatic N) is 4. The van der Waals surface area contributed by atoms with Crippen molar-refractivity contribution in [3.05, 3.63) is 15.8 Å². The van der Waals surface area contributed by atoms with E-state index in [4.69, 9.17) is 4.74 Å².